The van der Waals surface area contributed by atoms with Gasteiger partial charge in [0, 0.05) is 21.6 Å². The van der Waals surface area contributed by atoms with E-state index < -0.39 is 0 Å². The molecule has 0 bridgehead atoms. The SMILES string of the molecule is CCN1CCC(c2nn(-c3ccc(I)cc3)c3c2CCN3)CC1. The molecule has 3 heterocycles. The molecule has 0 radical (unpaired) electrons. The molecule has 4 nitrogen and oxygen atoms in total. The second kappa shape index (κ2) is 6.43. The molecule has 1 fully saturated rings. The van der Waals surface area contributed by atoms with Crippen LogP contribution in [0.1, 0.15) is 36.9 Å². The minimum atomic E-state index is 0.622. The lowest BCUT2D eigenvalue weighted by molar-refractivity contribution is 0.220. The molecule has 0 aliphatic carbocycles. The molecular formula is C18H23IN4. The summed E-state index contributed by atoms with van der Waals surface area (Å²) >= 11 is 2.35. The van der Waals surface area contributed by atoms with Crippen molar-refractivity contribution in [1.29, 1.82) is 0 Å². The number of fused-ring (bicyclic) bond motifs is 1. The Morgan fingerprint density at radius 1 is 1.22 bits per heavy atom. The number of piperidine rings is 1. The first-order valence-corrected chi connectivity index (χ1v) is 9.68. The van der Waals surface area contributed by atoms with E-state index in [0.717, 1.165) is 18.7 Å². The highest BCUT2D eigenvalue weighted by molar-refractivity contribution is 14.1. The van der Waals surface area contributed by atoms with E-state index in [2.05, 4.69) is 68.7 Å². The highest BCUT2D eigenvalue weighted by atomic mass is 127. The minimum Gasteiger partial charge on any atom is -0.369 e. The molecule has 2 aliphatic heterocycles. The number of rotatable bonds is 3. The maximum Gasteiger partial charge on any atom is 0.133 e. The molecule has 4 rings (SSSR count). The summed E-state index contributed by atoms with van der Waals surface area (Å²) in [6, 6.07) is 8.63. The minimum absolute atomic E-state index is 0.622. The van der Waals surface area contributed by atoms with Crippen molar-refractivity contribution in [2.75, 3.05) is 31.5 Å². The Bertz CT molecular complexity index is 684. The molecule has 1 aromatic heterocycles. The van der Waals surface area contributed by atoms with Crippen LogP contribution in [0.3, 0.4) is 0 Å². The third-order valence-electron chi connectivity index (χ3n) is 5.17. The molecule has 0 unspecified atom stereocenters. The number of likely N-dealkylation sites (tertiary alicyclic amines) is 1. The monoisotopic (exact) mass is 422 g/mol. The fraction of sp³-hybridized carbons (Fsp3) is 0.500. The summed E-state index contributed by atoms with van der Waals surface area (Å²) in [5.74, 6) is 1.84. The summed E-state index contributed by atoms with van der Waals surface area (Å²) in [5.41, 5.74) is 3.96. The zero-order chi connectivity index (χ0) is 15.8. The summed E-state index contributed by atoms with van der Waals surface area (Å²) in [7, 11) is 0. The first-order valence-electron chi connectivity index (χ1n) is 8.60. The fourth-order valence-electron chi connectivity index (χ4n) is 3.82. The van der Waals surface area contributed by atoms with E-state index in [-0.39, 0.29) is 0 Å². The van der Waals surface area contributed by atoms with Crippen LogP contribution in [0.2, 0.25) is 0 Å². The Morgan fingerprint density at radius 2 is 1.96 bits per heavy atom. The number of hydrogen-bond acceptors (Lipinski definition) is 3. The van der Waals surface area contributed by atoms with Crippen LogP contribution >= 0.6 is 22.6 Å². The molecule has 2 aliphatic rings. The molecule has 0 saturated carbocycles. The van der Waals surface area contributed by atoms with Gasteiger partial charge in [0.25, 0.3) is 0 Å². The number of hydrogen-bond donors (Lipinski definition) is 1. The lowest BCUT2D eigenvalue weighted by atomic mass is 9.91. The summed E-state index contributed by atoms with van der Waals surface area (Å²) in [6.07, 6.45) is 3.59. The second-order valence-corrected chi connectivity index (χ2v) is 7.73. The third kappa shape index (κ3) is 2.89. The zero-order valence-corrected chi connectivity index (χ0v) is 15.7. The number of halogens is 1. The van der Waals surface area contributed by atoms with Crippen LogP contribution in [0.25, 0.3) is 5.69 Å². The molecular weight excluding hydrogens is 399 g/mol. The molecule has 122 valence electrons. The van der Waals surface area contributed by atoms with E-state index in [9.17, 15) is 0 Å². The van der Waals surface area contributed by atoms with E-state index in [1.54, 1.807) is 0 Å². The Labute approximate surface area is 151 Å². The molecule has 23 heavy (non-hydrogen) atoms. The average Bonchev–Trinajstić information content (AvgIpc) is 3.18. The normalized spacial score (nSPS) is 18.9. The Hall–Kier alpha value is -1.08. The van der Waals surface area contributed by atoms with Crippen molar-refractivity contribution >= 4 is 28.4 Å². The molecule has 0 amide bonds. The van der Waals surface area contributed by atoms with Crippen LogP contribution < -0.4 is 5.32 Å². The van der Waals surface area contributed by atoms with E-state index in [1.807, 2.05) is 0 Å². The van der Waals surface area contributed by atoms with Gasteiger partial charge in [-0.3, -0.25) is 0 Å². The highest BCUT2D eigenvalue weighted by Gasteiger charge is 2.29. The number of nitrogens with one attached hydrogen (secondary N) is 1. The van der Waals surface area contributed by atoms with Gasteiger partial charge >= 0.3 is 0 Å². The summed E-state index contributed by atoms with van der Waals surface area (Å²) in [6.45, 7) is 6.88. The lowest BCUT2D eigenvalue weighted by Gasteiger charge is -2.30. The van der Waals surface area contributed by atoms with Crippen molar-refractivity contribution in [3.63, 3.8) is 0 Å². The van der Waals surface area contributed by atoms with Gasteiger partial charge in [0.05, 0.1) is 11.4 Å². The lowest BCUT2D eigenvalue weighted by Crippen LogP contribution is -2.33. The van der Waals surface area contributed by atoms with Crippen molar-refractivity contribution in [3.05, 3.63) is 39.1 Å². The van der Waals surface area contributed by atoms with Crippen LogP contribution in [0.15, 0.2) is 24.3 Å². The van der Waals surface area contributed by atoms with Gasteiger partial charge in [-0.15, -0.1) is 0 Å². The predicted octanol–water partition coefficient (Wildman–Crippen LogP) is 3.64. The molecule has 1 saturated heterocycles. The summed E-state index contributed by atoms with van der Waals surface area (Å²) in [4.78, 5) is 2.55. The molecule has 5 heteroatoms. The van der Waals surface area contributed by atoms with Gasteiger partial charge in [0.2, 0.25) is 0 Å². The first kappa shape index (κ1) is 15.4. The summed E-state index contributed by atoms with van der Waals surface area (Å²) < 4.78 is 3.38. The molecule has 1 aromatic carbocycles. The van der Waals surface area contributed by atoms with Gasteiger partial charge in [0.15, 0.2) is 0 Å². The van der Waals surface area contributed by atoms with Crippen LogP contribution in [-0.4, -0.2) is 40.9 Å². The van der Waals surface area contributed by atoms with Gasteiger partial charge in [0.1, 0.15) is 5.82 Å². The largest absolute Gasteiger partial charge is 0.369 e. The Kier molecular flexibility index (Phi) is 4.32. The van der Waals surface area contributed by atoms with Crippen LogP contribution in [0, 0.1) is 3.57 Å². The van der Waals surface area contributed by atoms with Crippen molar-refractivity contribution in [3.8, 4) is 5.69 Å². The van der Waals surface area contributed by atoms with Crippen molar-refractivity contribution in [1.82, 2.24) is 14.7 Å². The molecule has 0 atom stereocenters. The van der Waals surface area contributed by atoms with Crippen molar-refractivity contribution < 1.29 is 0 Å². The quantitative estimate of drug-likeness (QED) is 0.767. The highest BCUT2D eigenvalue weighted by Crippen LogP contribution is 2.36. The average molecular weight is 422 g/mol. The van der Waals surface area contributed by atoms with Gasteiger partial charge in [-0.25, -0.2) is 4.68 Å². The smallest absolute Gasteiger partial charge is 0.133 e. The number of nitrogens with zero attached hydrogens (tertiary/aromatic N) is 3. The van der Waals surface area contributed by atoms with Crippen LogP contribution in [0.4, 0.5) is 5.82 Å². The van der Waals surface area contributed by atoms with Crippen LogP contribution in [0.5, 0.6) is 0 Å². The molecule has 1 N–H and O–H groups in total. The van der Waals surface area contributed by atoms with Gasteiger partial charge < -0.3 is 10.2 Å². The van der Waals surface area contributed by atoms with Crippen molar-refractivity contribution in [2.24, 2.45) is 0 Å². The second-order valence-electron chi connectivity index (χ2n) is 6.49. The Morgan fingerprint density at radius 3 is 2.65 bits per heavy atom. The van der Waals surface area contributed by atoms with E-state index in [1.165, 1.54) is 53.1 Å². The number of anilines is 1. The third-order valence-corrected chi connectivity index (χ3v) is 5.89. The molecule has 2 aromatic rings. The van der Waals surface area contributed by atoms with E-state index in [0.29, 0.717) is 5.92 Å². The summed E-state index contributed by atoms with van der Waals surface area (Å²) in [5, 5.41) is 8.59. The Balaban J connectivity index is 1.67. The predicted molar refractivity (Wildman–Crippen MR) is 103 cm³/mol. The van der Waals surface area contributed by atoms with Gasteiger partial charge in [-0.1, -0.05) is 6.92 Å². The number of benzene rings is 1. The van der Waals surface area contributed by atoms with Crippen molar-refractivity contribution in [2.45, 2.75) is 32.1 Å². The zero-order valence-electron chi connectivity index (χ0n) is 13.6. The van der Waals surface area contributed by atoms with Crippen LogP contribution in [-0.2, 0) is 6.42 Å². The topological polar surface area (TPSA) is 33.1 Å². The maximum absolute atomic E-state index is 5.04. The van der Waals surface area contributed by atoms with Gasteiger partial charge in [-0.05, 0) is 85.8 Å². The number of aromatic nitrogens is 2. The fourth-order valence-corrected chi connectivity index (χ4v) is 4.18. The molecule has 0 spiro atoms. The standard InChI is InChI=1S/C18H23IN4/c1-2-22-11-8-13(9-12-22)17-16-7-10-20-18(16)23(21-17)15-5-3-14(19)4-6-15/h3-6,13,20H,2,7-12H2,1H3. The van der Waals surface area contributed by atoms with E-state index in [4.69, 9.17) is 5.10 Å². The first-order chi connectivity index (χ1) is 11.3. The van der Waals surface area contributed by atoms with E-state index >= 15 is 0 Å². The maximum atomic E-state index is 5.04. The van der Waals surface area contributed by atoms with Gasteiger partial charge in [-0.2, -0.15) is 5.10 Å².